The van der Waals surface area contributed by atoms with Gasteiger partial charge in [0.25, 0.3) is 0 Å². The van der Waals surface area contributed by atoms with Crippen LogP contribution in [0, 0.1) is 0 Å². The number of sulfone groups is 1. The number of amidine groups is 1. The van der Waals surface area contributed by atoms with Crippen LogP contribution < -0.4 is 5.73 Å². The lowest BCUT2D eigenvalue weighted by Gasteiger charge is -2.25. The summed E-state index contributed by atoms with van der Waals surface area (Å²) >= 11 is 0. The molecule has 0 fully saturated rings. The van der Waals surface area contributed by atoms with E-state index in [0.29, 0.717) is 19.5 Å². The number of oxime groups is 1. The first-order valence-electron chi connectivity index (χ1n) is 5.14. The molecule has 16 heavy (non-hydrogen) atoms. The summed E-state index contributed by atoms with van der Waals surface area (Å²) in [4.78, 5) is 1.99. The van der Waals surface area contributed by atoms with E-state index in [0.717, 1.165) is 0 Å². The van der Waals surface area contributed by atoms with Crippen molar-refractivity contribution in [3.63, 3.8) is 0 Å². The molecule has 0 aromatic carbocycles. The second kappa shape index (κ2) is 6.70. The van der Waals surface area contributed by atoms with E-state index >= 15 is 0 Å². The molecule has 0 spiro atoms. The largest absolute Gasteiger partial charge is 0.409 e. The van der Waals surface area contributed by atoms with E-state index in [1.807, 2.05) is 18.7 Å². The van der Waals surface area contributed by atoms with Gasteiger partial charge in [0.2, 0.25) is 0 Å². The number of nitrogens with two attached hydrogens (primary N) is 1. The van der Waals surface area contributed by atoms with Crippen LogP contribution in [0.15, 0.2) is 5.16 Å². The summed E-state index contributed by atoms with van der Waals surface area (Å²) < 4.78 is 22.1. The Morgan fingerprint density at radius 2 is 2.00 bits per heavy atom. The Morgan fingerprint density at radius 3 is 2.38 bits per heavy atom. The summed E-state index contributed by atoms with van der Waals surface area (Å²) in [5.41, 5.74) is 5.36. The first kappa shape index (κ1) is 15.2. The van der Waals surface area contributed by atoms with Gasteiger partial charge in [0.1, 0.15) is 15.7 Å². The lowest BCUT2D eigenvalue weighted by molar-refractivity contribution is 0.239. The minimum atomic E-state index is -2.95. The van der Waals surface area contributed by atoms with Gasteiger partial charge in [-0.3, -0.25) is 4.90 Å². The van der Waals surface area contributed by atoms with Crippen LogP contribution in [0.5, 0.6) is 0 Å². The van der Waals surface area contributed by atoms with Crippen molar-refractivity contribution in [2.24, 2.45) is 10.9 Å². The average molecular weight is 251 g/mol. The second-order valence-corrected chi connectivity index (χ2v) is 6.36. The molecule has 0 heterocycles. The van der Waals surface area contributed by atoms with Crippen molar-refractivity contribution in [1.82, 2.24) is 4.90 Å². The molecule has 0 saturated carbocycles. The Hall–Kier alpha value is -0.820. The van der Waals surface area contributed by atoms with Crippen LogP contribution >= 0.6 is 0 Å². The zero-order valence-electron chi connectivity index (χ0n) is 10.0. The van der Waals surface area contributed by atoms with Crippen LogP contribution in [0.1, 0.15) is 20.3 Å². The van der Waals surface area contributed by atoms with Crippen molar-refractivity contribution in [2.75, 3.05) is 25.1 Å². The van der Waals surface area contributed by atoms with Crippen LogP contribution in [0.25, 0.3) is 0 Å². The highest BCUT2D eigenvalue weighted by atomic mass is 32.2. The van der Waals surface area contributed by atoms with Crippen LogP contribution in [-0.2, 0) is 9.84 Å². The molecule has 0 aliphatic heterocycles. The Balaban J connectivity index is 4.19. The van der Waals surface area contributed by atoms with Gasteiger partial charge in [-0.2, -0.15) is 0 Å². The van der Waals surface area contributed by atoms with Gasteiger partial charge >= 0.3 is 0 Å². The highest BCUT2D eigenvalue weighted by molar-refractivity contribution is 7.90. The molecule has 0 rings (SSSR count). The number of rotatable bonds is 7. The molecule has 3 N–H and O–H groups in total. The minimum Gasteiger partial charge on any atom is -0.409 e. The predicted molar refractivity (Wildman–Crippen MR) is 64.4 cm³/mol. The highest BCUT2D eigenvalue weighted by Gasteiger charge is 2.12. The lowest BCUT2D eigenvalue weighted by Crippen LogP contribution is -2.37. The summed E-state index contributed by atoms with van der Waals surface area (Å²) in [6.07, 6.45) is 1.65. The Kier molecular flexibility index (Phi) is 6.35. The van der Waals surface area contributed by atoms with Crippen molar-refractivity contribution in [3.8, 4) is 0 Å². The topological polar surface area (TPSA) is 96.0 Å². The van der Waals surface area contributed by atoms with E-state index in [9.17, 15) is 8.42 Å². The van der Waals surface area contributed by atoms with Gasteiger partial charge in [0, 0.05) is 31.8 Å². The van der Waals surface area contributed by atoms with Gasteiger partial charge in [0.05, 0.1) is 5.75 Å². The smallest absolute Gasteiger partial charge is 0.148 e. The Bertz CT molecular complexity index is 325. The number of hydrogen-bond donors (Lipinski definition) is 2. The third-order valence-corrected chi connectivity index (χ3v) is 3.19. The molecule has 0 bridgehead atoms. The molecule has 0 aliphatic rings. The van der Waals surface area contributed by atoms with E-state index in [-0.39, 0.29) is 17.6 Å². The highest BCUT2D eigenvalue weighted by Crippen LogP contribution is 2.00. The van der Waals surface area contributed by atoms with Crippen molar-refractivity contribution in [1.29, 1.82) is 0 Å². The third-order valence-electron chi connectivity index (χ3n) is 2.26. The lowest BCUT2D eigenvalue weighted by atomic mass is 10.3. The average Bonchev–Trinajstić information content (AvgIpc) is 2.14. The molecule has 0 aromatic rings. The standard InChI is InChI=1S/C9H21N3O3S/c1-8(2)12(5-4-9(10)11-13)6-7-16(3,14)15/h8,13H,4-7H2,1-3H3,(H2,10,11). The zero-order valence-corrected chi connectivity index (χ0v) is 10.9. The summed E-state index contributed by atoms with van der Waals surface area (Å²) in [6, 6.07) is 0.230. The molecule has 6 nitrogen and oxygen atoms in total. The van der Waals surface area contributed by atoms with Crippen molar-refractivity contribution in [2.45, 2.75) is 26.3 Å². The maximum atomic E-state index is 11.0. The monoisotopic (exact) mass is 251 g/mol. The van der Waals surface area contributed by atoms with E-state index < -0.39 is 9.84 Å². The van der Waals surface area contributed by atoms with E-state index in [4.69, 9.17) is 10.9 Å². The number of hydrogen-bond acceptors (Lipinski definition) is 5. The summed E-state index contributed by atoms with van der Waals surface area (Å²) in [5, 5.41) is 11.3. The van der Waals surface area contributed by atoms with Crippen LogP contribution in [0.3, 0.4) is 0 Å². The van der Waals surface area contributed by atoms with Gasteiger partial charge in [-0.05, 0) is 13.8 Å². The first-order chi connectivity index (χ1) is 7.26. The molecule has 7 heteroatoms. The minimum absolute atomic E-state index is 0.126. The molecular weight excluding hydrogens is 230 g/mol. The molecule has 0 aromatic heterocycles. The molecule has 0 radical (unpaired) electrons. The van der Waals surface area contributed by atoms with Crippen LogP contribution in [-0.4, -0.2) is 55.5 Å². The maximum absolute atomic E-state index is 11.0. The fourth-order valence-corrected chi connectivity index (χ4v) is 1.79. The molecule has 0 atom stereocenters. The van der Waals surface area contributed by atoms with Crippen molar-refractivity contribution >= 4 is 15.7 Å². The van der Waals surface area contributed by atoms with Crippen LogP contribution in [0.2, 0.25) is 0 Å². The van der Waals surface area contributed by atoms with E-state index in [1.54, 1.807) is 0 Å². The summed E-state index contributed by atoms with van der Waals surface area (Å²) in [6.45, 7) is 5.02. The first-order valence-corrected chi connectivity index (χ1v) is 7.20. The predicted octanol–water partition coefficient (Wildman–Crippen LogP) is -0.122. The maximum Gasteiger partial charge on any atom is 0.148 e. The fourth-order valence-electron chi connectivity index (χ4n) is 1.22. The van der Waals surface area contributed by atoms with Crippen LogP contribution in [0.4, 0.5) is 0 Å². The van der Waals surface area contributed by atoms with Gasteiger partial charge < -0.3 is 10.9 Å². The molecule has 0 amide bonds. The Morgan fingerprint density at radius 1 is 1.44 bits per heavy atom. The van der Waals surface area contributed by atoms with Crippen molar-refractivity contribution in [3.05, 3.63) is 0 Å². The third kappa shape index (κ3) is 7.47. The quantitative estimate of drug-likeness (QED) is 0.284. The summed E-state index contributed by atoms with van der Waals surface area (Å²) in [5.74, 6) is 0.284. The molecular formula is C9H21N3O3S. The molecule has 0 unspecified atom stereocenters. The molecule has 0 aliphatic carbocycles. The normalized spacial score (nSPS) is 13.7. The molecule has 0 saturated heterocycles. The van der Waals surface area contributed by atoms with Gasteiger partial charge in [-0.1, -0.05) is 5.16 Å². The number of nitrogens with zero attached hydrogens (tertiary/aromatic N) is 2. The van der Waals surface area contributed by atoms with Crippen molar-refractivity contribution < 1.29 is 13.6 Å². The van der Waals surface area contributed by atoms with Gasteiger partial charge in [-0.25, -0.2) is 8.42 Å². The zero-order chi connectivity index (χ0) is 12.8. The summed E-state index contributed by atoms with van der Waals surface area (Å²) in [7, 11) is -2.95. The fraction of sp³-hybridized carbons (Fsp3) is 0.889. The van der Waals surface area contributed by atoms with Gasteiger partial charge in [0.15, 0.2) is 0 Å². The van der Waals surface area contributed by atoms with E-state index in [2.05, 4.69) is 5.16 Å². The Labute approximate surface area is 97.0 Å². The molecule has 96 valence electrons. The second-order valence-electron chi connectivity index (χ2n) is 4.10. The van der Waals surface area contributed by atoms with E-state index in [1.165, 1.54) is 6.26 Å². The van der Waals surface area contributed by atoms with Gasteiger partial charge in [-0.15, -0.1) is 0 Å². The SMILES string of the molecule is CC(C)N(CCC(N)=NO)CCS(C)(=O)=O.